The zero-order valence-electron chi connectivity index (χ0n) is 18.8. The summed E-state index contributed by atoms with van der Waals surface area (Å²) < 4.78 is 31.9. The van der Waals surface area contributed by atoms with Gasteiger partial charge in [-0.05, 0) is 43.4 Å². The maximum Gasteiger partial charge on any atom is 0.255 e. The van der Waals surface area contributed by atoms with E-state index >= 15 is 0 Å². The minimum absolute atomic E-state index is 0.0333. The zero-order chi connectivity index (χ0) is 23.2. The third-order valence-corrected chi connectivity index (χ3v) is 8.30. The van der Waals surface area contributed by atoms with Crippen molar-refractivity contribution in [3.05, 3.63) is 57.0 Å². The van der Waals surface area contributed by atoms with Crippen LogP contribution in [-0.2, 0) is 41.5 Å². The second kappa shape index (κ2) is 8.61. The molecule has 0 N–H and O–H groups in total. The quantitative estimate of drug-likeness (QED) is 0.550. The monoisotopic (exact) mass is 485 g/mol. The summed E-state index contributed by atoms with van der Waals surface area (Å²) in [4.78, 5) is 21.4. The minimum atomic E-state index is -3.30. The van der Waals surface area contributed by atoms with Crippen molar-refractivity contribution in [3.63, 3.8) is 0 Å². The lowest BCUT2D eigenvalue weighted by Gasteiger charge is -2.30. The largest absolute Gasteiger partial charge is 0.496 e. The molecular formula is C24H27N3O4S2. The fraction of sp³-hybridized carbons (Fsp3) is 0.417. The smallest absolute Gasteiger partial charge is 0.255 e. The molecule has 5 rings (SSSR count). The van der Waals surface area contributed by atoms with Crippen LogP contribution < -0.4 is 4.74 Å². The average Bonchev–Trinajstić information content (AvgIpc) is 3.39. The van der Waals surface area contributed by atoms with Gasteiger partial charge in [0.1, 0.15) is 11.6 Å². The van der Waals surface area contributed by atoms with Crippen molar-refractivity contribution in [2.45, 2.75) is 44.5 Å². The number of rotatable bonds is 5. The van der Waals surface area contributed by atoms with Crippen LogP contribution in [0.2, 0.25) is 0 Å². The first kappa shape index (κ1) is 22.2. The molecule has 3 aromatic rings. The third kappa shape index (κ3) is 4.19. The van der Waals surface area contributed by atoms with Gasteiger partial charge in [-0.1, -0.05) is 12.1 Å². The summed E-state index contributed by atoms with van der Waals surface area (Å²) in [5.41, 5.74) is 4.12. The van der Waals surface area contributed by atoms with E-state index < -0.39 is 9.84 Å². The van der Waals surface area contributed by atoms with Crippen LogP contribution in [0, 0.1) is 0 Å². The van der Waals surface area contributed by atoms with Crippen LogP contribution in [0.3, 0.4) is 0 Å². The molecule has 0 fully saturated rings. The molecular weight excluding hydrogens is 458 g/mol. The molecule has 0 radical (unpaired) electrons. The number of thiophene rings is 1. The maximum absolute atomic E-state index is 13.5. The second-order valence-corrected chi connectivity index (χ2v) is 11.8. The Morgan fingerprint density at radius 1 is 1.18 bits per heavy atom. The molecule has 9 heteroatoms. The number of ether oxygens (including phenoxy) is 1. The molecule has 2 aromatic heterocycles. The van der Waals surface area contributed by atoms with E-state index in [1.807, 2.05) is 39.1 Å². The molecule has 0 unspecified atom stereocenters. The van der Waals surface area contributed by atoms with E-state index in [1.165, 1.54) is 23.1 Å². The van der Waals surface area contributed by atoms with Crippen molar-refractivity contribution in [1.29, 1.82) is 0 Å². The molecule has 1 aliphatic carbocycles. The number of carbonyl (C=O) groups is 1. The number of para-hydroxylation sites is 1. The van der Waals surface area contributed by atoms with Crippen LogP contribution >= 0.6 is 11.3 Å². The van der Waals surface area contributed by atoms with E-state index in [-0.39, 0.29) is 11.7 Å². The molecule has 1 amide bonds. The molecule has 0 saturated heterocycles. The number of nitrogens with zero attached hydrogens (tertiary/aromatic N) is 3. The van der Waals surface area contributed by atoms with Crippen LogP contribution in [0.25, 0.3) is 11.4 Å². The van der Waals surface area contributed by atoms with E-state index in [1.54, 1.807) is 18.4 Å². The van der Waals surface area contributed by atoms with Crippen molar-refractivity contribution in [1.82, 2.24) is 14.5 Å². The molecule has 2 aliphatic rings. The van der Waals surface area contributed by atoms with Crippen molar-refractivity contribution >= 4 is 27.1 Å². The summed E-state index contributed by atoms with van der Waals surface area (Å²) in [7, 11) is -1.69. The summed E-state index contributed by atoms with van der Waals surface area (Å²) in [5, 5.41) is 2.00. The van der Waals surface area contributed by atoms with Crippen LogP contribution in [0.5, 0.6) is 5.75 Å². The van der Waals surface area contributed by atoms with Crippen molar-refractivity contribution in [2.75, 3.05) is 19.9 Å². The molecule has 174 valence electrons. The first-order valence-corrected chi connectivity index (χ1v) is 14.1. The van der Waals surface area contributed by atoms with Crippen LogP contribution in [-0.4, -0.2) is 48.7 Å². The lowest BCUT2D eigenvalue weighted by molar-refractivity contribution is 0.0710. The van der Waals surface area contributed by atoms with Crippen LogP contribution in [0.15, 0.2) is 29.6 Å². The summed E-state index contributed by atoms with van der Waals surface area (Å²) in [6.45, 7) is 1.45. The Hall–Kier alpha value is -2.65. The van der Waals surface area contributed by atoms with Gasteiger partial charge in [0, 0.05) is 29.6 Å². The number of methoxy groups -OCH3 is 1. The molecule has 7 nitrogen and oxygen atoms in total. The molecule has 0 spiro atoms. The number of aromatic nitrogens is 2. The number of imidazole rings is 1. The topological polar surface area (TPSA) is 81.5 Å². The normalized spacial score (nSPS) is 15.8. The highest BCUT2D eigenvalue weighted by Gasteiger charge is 2.31. The predicted octanol–water partition coefficient (Wildman–Crippen LogP) is 3.70. The van der Waals surface area contributed by atoms with Gasteiger partial charge in [-0.2, -0.15) is 0 Å². The van der Waals surface area contributed by atoms with Gasteiger partial charge in [-0.25, -0.2) is 13.4 Å². The number of fused-ring (bicyclic) bond motifs is 2. The predicted molar refractivity (Wildman–Crippen MR) is 128 cm³/mol. The number of sulfone groups is 1. The van der Waals surface area contributed by atoms with Gasteiger partial charge in [-0.15, -0.1) is 11.3 Å². The van der Waals surface area contributed by atoms with Crippen LogP contribution in [0.4, 0.5) is 0 Å². The summed E-state index contributed by atoms with van der Waals surface area (Å²) in [5.74, 6) is 1.24. The third-order valence-electron chi connectivity index (χ3n) is 6.42. The SMILES string of the molecule is COc1ccccc1-c1nc(CS(C)(=O)=O)c2n1CCN(C(=O)c1csc3c1CCCC3)C2. The Kier molecular flexibility index (Phi) is 5.78. The Morgan fingerprint density at radius 3 is 2.76 bits per heavy atom. The van der Waals surface area contributed by atoms with Gasteiger partial charge in [-0.3, -0.25) is 4.79 Å². The van der Waals surface area contributed by atoms with E-state index in [2.05, 4.69) is 0 Å². The number of benzene rings is 1. The standard InChI is InChI=1S/C24H27N3O4S2/c1-31-21-9-5-3-8-17(21)23-25-19(15-33(2,29)30)20-13-26(11-12-27(20)23)24(28)18-14-32-22-10-6-4-7-16(18)22/h3,5,8-9,14H,4,6-7,10-13,15H2,1-2H3. The van der Waals surface area contributed by atoms with E-state index in [0.717, 1.165) is 36.1 Å². The summed E-state index contributed by atoms with van der Waals surface area (Å²) in [6.07, 6.45) is 5.54. The van der Waals surface area contributed by atoms with E-state index in [4.69, 9.17) is 9.72 Å². The van der Waals surface area contributed by atoms with Gasteiger partial charge in [0.25, 0.3) is 5.91 Å². The number of hydrogen-bond donors (Lipinski definition) is 0. The Labute approximate surface area is 197 Å². The highest BCUT2D eigenvalue weighted by molar-refractivity contribution is 7.89. The van der Waals surface area contributed by atoms with Gasteiger partial charge in [0.2, 0.25) is 0 Å². The fourth-order valence-electron chi connectivity index (χ4n) is 4.85. The fourth-order valence-corrected chi connectivity index (χ4v) is 6.70. The first-order valence-electron chi connectivity index (χ1n) is 11.1. The molecule has 1 aliphatic heterocycles. The van der Waals surface area contributed by atoms with E-state index in [9.17, 15) is 13.2 Å². The minimum Gasteiger partial charge on any atom is -0.496 e. The van der Waals surface area contributed by atoms with Gasteiger partial charge in [0.15, 0.2) is 9.84 Å². The number of amides is 1. The maximum atomic E-state index is 13.5. The lowest BCUT2D eigenvalue weighted by atomic mass is 9.95. The zero-order valence-corrected chi connectivity index (χ0v) is 20.5. The van der Waals surface area contributed by atoms with Gasteiger partial charge >= 0.3 is 0 Å². The molecule has 0 bridgehead atoms. The molecule has 0 saturated carbocycles. The summed E-state index contributed by atoms with van der Waals surface area (Å²) >= 11 is 1.69. The molecule has 1 aromatic carbocycles. The van der Waals surface area contributed by atoms with Crippen LogP contribution in [0.1, 0.15) is 45.0 Å². The Balaban J connectivity index is 1.53. The number of aryl methyl sites for hydroxylation is 1. The lowest BCUT2D eigenvalue weighted by Crippen LogP contribution is -2.39. The number of hydrogen-bond acceptors (Lipinski definition) is 6. The Bertz CT molecular complexity index is 1320. The van der Waals surface area contributed by atoms with Gasteiger partial charge in [0.05, 0.1) is 41.9 Å². The van der Waals surface area contributed by atoms with Gasteiger partial charge < -0.3 is 14.2 Å². The Morgan fingerprint density at radius 2 is 1.97 bits per heavy atom. The second-order valence-electron chi connectivity index (χ2n) is 8.74. The molecule has 0 atom stereocenters. The molecule has 33 heavy (non-hydrogen) atoms. The van der Waals surface area contributed by atoms with Crippen molar-refractivity contribution in [2.24, 2.45) is 0 Å². The van der Waals surface area contributed by atoms with E-state index in [0.29, 0.717) is 36.9 Å². The first-order chi connectivity index (χ1) is 15.9. The average molecular weight is 486 g/mol. The summed E-state index contributed by atoms with van der Waals surface area (Å²) in [6, 6.07) is 7.59. The van der Waals surface area contributed by atoms with Crippen molar-refractivity contribution < 1.29 is 17.9 Å². The highest BCUT2D eigenvalue weighted by atomic mass is 32.2. The van der Waals surface area contributed by atoms with Crippen molar-refractivity contribution in [3.8, 4) is 17.1 Å². The number of carbonyl (C=O) groups excluding carboxylic acids is 1. The highest BCUT2D eigenvalue weighted by Crippen LogP contribution is 2.35. The molecule has 3 heterocycles.